The van der Waals surface area contributed by atoms with Gasteiger partial charge in [0.15, 0.2) is 5.58 Å². The molecule has 0 aliphatic heterocycles. The van der Waals surface area contributed by atoms with Gasteiger partial charge in [-0.2, -0.15) is 4.98 Å². The summed E-state index contributed by atoms with van der Waals surface area (Å²) in [5.41, 5.74) is 1.72. The molecular formula is C10H12N2O. The predicted octanol–water partition coefficient (Wildman–Crippen LogP) is 2.65. The van der Waals surface area contributed by atoms with Crippen LogP contribution in [0.25, 0.3) is 11.1 Å². The smallest absolute Gasteiger partial charge is 0.295 e. The summed E-state index contributed by atoms with van der Waals surface area (Å²) < 4.78 is 5.46. The molecule has 1 N–H and O–H groups in total. The number of nitrogens with zero attached hydrogens (tertiary/aromatic N) is 1. The number of rotatable bonds is 2. The van der Waals surface area contributed by atoms with Crippen LogP contribution in [0.2, 0.25) is 0 Å². The maximum absolute atomic E-state index is 5.46. The summed E-state index contributed by atoms with van der Waals surface area (Å²) in [6.45, 7) is 4.10. The molecule has 1 aromatic carbocycles. The van der Waals surface area contributed by atoms with Crippen molar-refractivity contribution in [1.29, 1.82) is 0 Å². The van der Waals surface area contributed by atoms with E-state index in [-0.39, 0.29) is 0 Å². The lowest BCUT2D eigenvalue weighted by atomic mass is 10.3. The van der Waals surface area contributed by atoms with Crippen LogP contribution in [0, 0.1) is 0 Å². The second kappa shape index (κ2) is 3.09. The molecule has 2 rings (SSSR count). The average Bonchev–Trinajstić information content (AvgIpc) is 2.44. The zero-order valence-electron chi connectivity index (χ0n) is 7.74. The third kappa shape index (κ3) is 1.64. The number of hydrogen-bond donors (Lipinski definition) is 1. The monoisotopic (exact) mass is 176 g/mol. The fraction of sp³-hybridized carbons (Fsp3) is 0.300. The number of anilines is 1. The molecule has 3 heteroatoms. The molecule has 1 heterocycles. The fourth-order valence-electron chi connectivity index (χ4n) is 1.18. The summed E-state index contributed by atoms with van der Waals surface area (Å²) in [4.78, 5) is 4.28. The van der Waals surface area contributed by atoms with E-state index in [4.69, 9.17) is 4.42 Å². The summed E-state index contributed by atoms with van der Waals surface area (Å²) in [7, 11) is 0. The van der Waals surface area contributed by atoms with Gasteiger partial charge in [-0.25, -0.2) is 0 Å². The number of nitrogens with one attached hydrogen (secondary N) is 1. The van der Waals surface area contributed by atoms with Crippen molar-refractivity contribution < 1.29 is 4.42 Å². The van der Waals surface area contributed by atoms with E-state index in [2.05, 4.69) is 24.1 Å². The molecule has 0 aliphatic rings. The van der Waals surface area contributed by atoms with E-state index in [1.807, 2.05) is 24.3 Å². The van der Waals surface area contributed by atoms with Crippen LogP contribution in [0.4, 0.5) is 6.01 Å². The fourth-order valence-corrected chi connectivity index (χ4v) is 1.18. The van der Waals surface area contributed by atoms with Crippen molar-refractivity contribution in [3.63, 3.8) is 0 Å². The van der Waals surface area contributed by atoms with E-state index in [9.17, 15) is 0 Å². The van der Waals surface area contributed by atoms with Crippen molar-refractivity contribution >= 4 is 17.1 Å². The molecule has 0 fully saturated rings. The molecule has 0 aliphatic carbocycles. The Hall–Kier alpha value is -1.51. The standard InChI is InChI=1S/C10H12N2O/c1-7(2)11-10-12-8-5-3-4-6-9(8)13-10/h3-7H,1-2H3,(H,11,12). The summed E-state index contributed by atoms with van der Waals surface area (Å²) in [6, 6.07) is 8.67. The summed E-state index contributed by atoms with van der Waals surface area (Å²) >= 11 is 0. The molecule has 13 heavy (non-hydrogen) atoms. The quantitative estimate of drug-likeness (QED) is 0.764. The molecule has 0 saturated heterocycles. The zero-order valence-corrected chi connectivity index (χ0v) is 7.74. The average molecular weight is 176 g/mol. The Bertz CT molecular complexity index is 373. The van der Waals surface area contributed by atoms with Crippen LogP contribution < -0.4 is 5.32 Å². The number of hydrogen-bond acceptors (Lipinski definition) is 3. The van der Waals surface area contributed by atoms with Gasteiger partial charge in [0.2, 0.25) is 0 Å². The Kier molecular flexibility index (Phi) is 1.93. The number of aromatic nitrogens is 1. The van der Waals surface area contributed by atoms with Crippen molar-refractivity contribution in [2.75, 3.05) is 5.32 Å². The highest BCUT2D eigenvalue weighted by Crippen LogP contribution is 2.18. The highest BCUT2D eigenvalue weighted by Gasteiger charge is 2.04. The number of oxazole rings is 1. The van der Waals surface area contributed by atoms with Crippen LogP contribution in [-0.4, -0.2) is 11.0 Å². The lowest BCUT2D eigenvalue weighted by Gasteiger charge is -2.02. The molecular weight excluding hydrogens is 164 g/mol. The van der Waals surface area contributed by atoms with Crippen molar-refractivity contribution in [1.82, 2.24) is 4.98 Å². The van der Waals surface area contributed by atoms with Gasteiger partial charge >= 0.3 is 0 Å². The van der Waals surface area contributed by atoms with Gasteiger partial charge in [-0.05, 0) is 26.0 Å². The second-order valence-electron chi connectivity index (χ2n) is 3.29. The number of fused-ring (bicyclic) bond motifs is 1. The highest BCUT2D eigenvalue weighted by atomic mass is 16.4. The van der Waals surface area contributed by atoms with E-state index in [0.29, 0.717) is 12.1 Å². The van der Waals surface area contributed by atoms with E-state index in [1.54, 1.807) is 0 Å². The van der Waals surface area contributed by atoms with Gasteiger partial charge in [0, 0.05) is 6.04 Å². The van der Waals surface area contributed by atoms with E-state index < -0.39 is 0 Å². The number of para-hydroxylation sites is 2. The molecule has 68 valence electrons. The largest absolute Gasteiger partial charge is 0.424 e. The summed E-state index contributed by atoms with van der Waals surface area (Å²) in [5, 5.41) is 3.12. The lowest BCUT2D eigenvalue weighted by molar-refractivity contribution is 0.606. The van der Waals surface area contributed by atoms with Crippen LogP contribution in [0.5, 0.6) is 0 Å². The van der Waals surface area contributed by atoms with Crippen molar-refractivity contribution in [2.24, 2.45) is 0 Å². The van der Waals surface area contributed by atoms with E-state index in [1.165, 1.54) is 0 Å². The minimum Gasteiger partial charge on any atom is -0.424 e. The zero-order chi connectivity index (χ0) is 9.26. The molecule has 0 unspecified atom stereocenters. The van der Waals surface area contributed by atoms with Gasteiger partial charge in [-0.1, -0.05) is 12.1 Å². The first kappa shape index (κ1) is 8.10. The SMILES string of the molecule is CC(C)Nc1nc2ccccc2o1. The molecule has 0 bridgehead atoms. The first-order valence-corrected chi connectivity index (χ1v) is 4.38. The first-order valence-electron chi connectivity index (χ1n) is 4.38. The van der Waals surface area contributed by atoms with E-state index in [0.717, 1.165) is 11.1 Å². The molecule has 1 aromatic heterocycles. The van der Waals surface area contributed by atoms with Gasteiger partial charge in [-0.15, -0.1) is 0 Å². The topological polar surface area (TPSA) is 38.1 Å². The molecule has 2 aromatic rings. The third-order valence-electron chi connectivity index (χ3n) is 1.71. The Labute approximate surface area is 76.8 Å². The van der Waals surface area contributed by atoms with Crippen molar-refractivity contribution in [3.05, 3.63) is 24.3 Å². The molecule has 0 spiro atoms. The van der Waals surface area contributed by atoms with E-state index >= 15 is 0 Å². The molecule has 0 saturated carbocycles. The van der Waals surface area contributed by atoms with Gasteiger partial charge in [-0.3, -0.25) is 0 Å². The van der Waals surface area contributed by atoms with Gasteiger partial charge in [0.05, 0.1) is 0 Å². The minimum absolute atomic E-state index is 0.341. The molecule has 0 amide bonds. The highest BCUT2D eigenvalue weighted by molar-refractivity contribution is 5.74. The Morgan fingerprint density at radius 1 is 1.31 bits per heavy atom. The van der Waals surface area contributed by atoms with Gasteiger partial charge < -0.3 is 9.73 Å². The van der Waals surface area contributed by atoms with Crippen LogP contribution in [0.3, 0.4) is 0 Å². The second-order valence-corrected chi connectivity index (χ2v) is 3.29. The Balaban J connectivity index is 2.38. The summed E-state index contributed by atoms with van der Waals surface area (Å²) in [5.74, 6) is 0. The Morgan fingerprint density at radius 2 is 2.08 bits per heavy atom. The summed E-state index contributed by atoms with van der Waals surface area (Å²) in [6.07, 6.45) is 0. The van der Waals surface area contributed by atoms with Crippen LogP contribution in [0.15, 0.2) is 28.7 Å². The lowest BCUT2D eigenvalue weighted by Crippen LogP contribution is -2.09. The normalized spacial score (nSPS) is 11.0. The maximum Gasteiger partial charge on any atom is 0.295 e. The maximum atomic E-state index is 5.46. The minimum atomic E-state index is 0.341. The van der Waals surface area contributed by atoms with Crippen LogP contribution in [0.1, 0.15) is 13.8 Å². The Morgan fingerprint density at radius 3 is 2.77 bits per heavy atom. The predicted molar refractivity (Wildman–Crippen MR) is 52.8 cm³/mol. The molecule has 3 nitrogen and oxygen atoms in total. The van der Waals surface area contributed by atoms with Crippen molar-refractivity contribution in [2.45, 2.75) is 19.9 Å². The van der Waals surface area contributed by atoms with Crippen LogP contribution in [-0.2, 0) is 0 Å². The van der Waals surface area contributed by atoms with Gasteiger partial charge in [0.1, 0.15) is 5.52 Å². The number of benzene rings is 1. The van der Waals surface area contributed by atoms with Gasteiger partial charge in [0.25, 0.3) is 6.01 Å². The third-order valence-corrected chi connectivity index (χ3v) is 1.71. The first-order chi connectivity index (χ1) is 6.25. The van der Waals surface area contributed by atoms with Crippen LogP contribution >= 0.6 is 0 Å². The molecule has 0 radical (unpaired) electrons. The molecule has 0 atom stereocenters. The van der Waals surface area contributed by atoms with Crippen molar-refractivity contribution in [3.8, 4) is 0 Å².